The Morgan fingerprint density at radius 2 is 1.59 bits per heavy atom. The number of aromatic nitrogens is 3. The topological polar surface area (TPSA) is 238 Å². The number of benzene rings is 3. The van der Waals surface area contributed by atoms with Gasteiger partial charge in [-0.3, -0.25) is 43.7 Å². The lowest BCUT2D eigenvalue weighted by Crippen LogP contribution is -2.54. The molecule has 71 heavy (non-hydrogen) atoms. The van der Waals surface area contributed by atoms with Crippen molar-refractivity contribution in [1.82, 2.24) is 34.6 Å². The largest absolute Gasteiger partial charge is 0.494 e. The molecule has 21 heteroatoms. The standard InChI is InChI=1S/C50H59ClN8O11S/c1-28-26-33(27-29(2)30(28)3)70-20-9-11-34-35-13-14-37(51)44(42-31(4)55-58(7)32(42)5)45(35)57(6)46(34)48(63)56-71(66,67)25-19-53-40(60)17-21-68-23-24-69-22-18-52-38-12-8-10-36-43(38)50(65)59(49(36)64)39-15-16-41(61)54-47(39)62/h8,10,12-14,26-27,39,52H,9,11,15-25H2,1-7H3,(H,53,60)(H,56,63)(H,54,61,62). The molecule has 3 aromatic carbocycles. The maximum absolute atomic E-state index is 14.1. The maximum atomic E-state index is 14.1. The zero-order valence-electron chi connectivity index (χ0n) is 40.9. The second-order valence-corrected chi connectivity index (χ2v) is 19.9. The number of ether oxygens (including phenoxy) is 3. The van der Waals surface area contributed by atoms with Crippen molar-refractivity contribution in [3.05, 3.63) is 97.9 Å². The van der Waals surface area contributed by atoms with Crippen LogP contribution in [0.3, 0.4) is 0 Å². The van der Waals surface area contributed by atoms with Gasteiger partial charge >= 0.3 is 0 Å². The number of carbonyl (C=O) groups is 6. The number of rotatable bonds is 22. The van der Waals surface area contributed by atoms with Crippen LogP contribution in [0.1, 0.15) is 90.5 Å². The number of anilines is 1. The summed E-state index contributed by atoms with van der Waals surface area (Å²) in [6.07, 6.45) is 0.927. The first-order valence-corrected chi connectivity index (χ1v) is 25.4. The molecular formula is C50H59ClN8O11S. The summed E-state index contributed by atoms with van der Waals surface area (Å²) in [6.45, 7) is 10.9. The van der Waals surface area contributed by atoms with Crippen LogP contribution < -0.4 is 25.4 Å². The van der Waals surface area contributed by atoms with Crippen molar-refractivity contribution < 1.29 is 51.4 Å². The van der Waals surface area contributed by atoms with E-state index >= 15 is 0 Å². The molecule has 0 aliphatic carbocycles. The van der Waals surface area contributed by atoms with E-state index in [-0.39, 0.29) is 75.6 Å². The number of nitrogens with zero attached hydrogens (tertiary/aromatic N) is 4. The Balaban J connectivity index is 0.877. The van der Waals surface area contributed by atoms with E-state index in [9.17, 15) is 37.2 Å². The fraction of sp³-hybridized carbons (Fsp3) is 0.420. The molecule has 1 fully saturated rings. The zero-order chi connectivity index (χ0) is 51.3. The van der Waals surface area contributed by atoms with Gasteiger partial charge in [0.05, 0.1) is 66.1 Å². The molecule has 6 amide bonds. The molecule has 1 atom stereocenters. The fourth-order valence-electron chi connectivity index (χ4n) is 9.09. The summed E-state index contributed by atoms with van der Waals surface area (Å²) in [5.41, 5.74) is 8.71. The minimum atomic E-state index is -4.23. The van der Waals surface area contributed by atoms with E-state index in [0.29, 0.717) is 46.8 Å². The molecule has 1 unspecified atom stereocenters. The third-order valence-electron chi connectivity index (χ3n) is 12.9. The van der Waals surface area contributed by atoms with Crippen molar-refractivity contribution in [2.24, 2.45) is 14.1 Å². The smallest absolute Gasteiger partial charge is 0.281 e. The van der Waals surface area contributed by atoms with E-state index in [0.717, 1.165) is 44.1 Å². The van der Waals surface area contributed by atoms with Gasteiger partial charge in [-0.2, -0.15) is 5.10 Å². The van der Waals surface area contributed by atoms with Gasteiger partial charge in [0.15, 0.2) is 0 Å². The molecule has 378 valence electrons. The summed E-state index contributed by atoms with van der Waals surface area (Å²) >= 11 is 6.91. The van der Waals surface area contributed by atoms with Gasteiger partial charge in [0.1, 0.15) is 17.5 Å². The number of piperidine rings is 1. The molecule has 0 bridgehead atoms. The minimum absolute atomic E-state index is 0.0219. The van der Waals surface area contributed by atoms with Crippen molar-refractivity contribution >= 4 is 73.7 Å². The Hall–Kier alpha value is -6.61. The summed E-state index contributed by atoms with van der Waals surface area (Å²) in [5, 5.41) is 13.6. The van der Waals surface area contributed by atoms with Crippen LogP contribution in [0.15, 0.2) is 42.5 Å². The number of fused-ring (bicyclic) bond motifs is 2. The predicted molar refractivity (Wildman–Crippen MR) is 266 cm³/mol. The number of nitrogens with one attached hydrogen (secondary N) is 4. The molecule has 19 nitrogen and oxygen atoms in total. The Morgan fingerprint density at radius 1 is 0.873 bits per heavy atom. The van der Waals surface area contributed by atoms with Gasteiger partial charge in [-0.1, -0.05) is 23.7 Å². The van der Waals surface area contributed by atoms with Gasteiger partial charge in [-0.05, 0) is 106 Å². The molecule has 5 aromatic rings. The van der Waals surface area contributed by atoms with Crippen LogP contribution >= 0.6 is 11.6 Å². The van der Waals surface area contributed by atoms with Crippen LogP contribution in [0.4, 0.5) is 5.69 Å². The average molecular weight is 1020 g/mol. The number of aryl methyl sites for hydroxylation is 6. The number of hydrogen-bond acceptors (Lipinski definition) is 13. The highest BCUT2D eigenvalue weighted by atomic mass is 35.5. The fourth-order valence-corrected chi connectivity index (χ4v) is 10.2. The van der Waals surface area contributed by atoms with Crippen LogP contribution in [0, 0.1) is 34.6 Å². The molecule has 0 radical (unpaired) electrons. The van der Waals surface area contributed by atoms with Crippen LogP contribution in [0.5, 0.6) is 5.75 Å². The minimum Gasteiger partial charge on any atom is -0.494 e. The molecule has 2 aromatic heterocycles. The molecule has 0 spiro atoms. The van der Waals surface area contributed by atoms with E-state index < -0.39 is 57.3 Å². The molecular weight excluding hydrogens is 956 g/mol. The van der Waals surface area contributed by atoms with E-state index in [1.165, 1.54) is 11.6 Å². The van der Waals surface area contributed by atoms with E-state index in [1.807, 2.05) is 52.9 Å². The molecule has 7 rings (SSSR count). The van der Waals surface area contributed by atoms with Gasteiger partial charge in [0.25, 0.3) is 17.7 Å². The van der Waals surface area contributed by atoms with Gasteiger partial charge in [0, 0.05) is 67.9 Å². The van der Waals surface area contributed by atoms with Crippen molar-refractivity contribution in [2.45, 2.75) is 72.8 Å². The van der Waals surface area contributed by atoms with Crippen molar-refractivity contribution in [3.8, 4) is 16.9 Å². The third kappa shape index (κ3) is 11.5. The summed E-state index contributed by atoms with van der Waals surface area (Å²) in [4.78, 5) is 78.0. The lowest BCUT2D eigenvalue weighted by atomic mass is 9.98. The Morgan fingerprint density at radius 3 is 2.28 bits per heavy atom. The maximum Gasteiger partial charge on any atom is 0.281 e. The van der Waals surface area contributed by atoms with E-state index in [4.69, 9.17) is 25.8 Å². The third-order valence-corrected chi connectivity index (χ3v) is 14.5. The number of hydrogen-bond donors (Lipinski definition) is 4. The SMILES string of the molecule is Cc1cc(OCCCc2c(C(=O)NS(=O)(=O)CCNC(=O)CCOCCOCCNc3cccc4c3C(=O)N(C3CCC(=O)NC3=O)C4=O)n(C)c3c(-c4c(C)nn(C)c4C)c(Cl)ccc23)cc(C)c1C. The van der Waals surface area contributed by atoms with Gasteiger partial charge in [-0.25, -0.2) is 13.1 Å². The average Bonchev–Trinajstić information content (AvgIpc) is 3.85. The molecule has 4 N–H and O–H groups in total. The second-order valence-electron chi connectivity index (χ2n) is 17.7. The Labute approximate surface area is 416 Å². The summed E-state index contributed by atoms with van der Waals surface area (Å²) in [6, 6.07) is 11.3. The molecule has 1 saturated heterocycles. The van der Waals surface area contributed by atoms with Crippen molar-refractivity contribution in [3.63, 3.8) is 0 Å². The summed E-state index contributed by atoms with van der Waals surface area (Å²) in [7, 11) is -0.678. The predicted octanol–water partition coefficient (Wildman–Crippen LogP) is 4.90. The summed E-state index contributed by atoms with van der Waals surface area (Å²) < 4.78 is 49.7. The van der Waals surface area contributed by atoms with Gasteiger partial charge in [0.2, 0.25) is 27.7 Å². The lowest BCUT2D eigenvalue weighted by Gasteiger charge is -2.27. The van der Waals surface area contributed by atoms with Gasteiger partial charge < -0.3 is 29.4 Å². The lowest BCUT2D eigenvalue weighted by molar-refractivity contribution is -0.136. The first kappa shape index (κ1) is 52.2. The highest BCUT2D eigenvalue weighted by Gasteiger charge is 2.45. The first-order chi connectivity index (χ1) is 33.8. The monoisotopic (exact) mass is 1010 g/mol. The van der Waals surface area contributed by atoms with E-state index in [2.05, 4.69) is 32.7 Å². The first-order valence-electron chi connectivity index (χ1n) is 23.4. The van der Waals surface area contributed by atoms with Crippen LogP contribution in [0.25, 0.3) is 22.0 Å². The molecule has 0 saturated carbocycles. The van der Waals surface area contributed by atoms with Crippen molar-refractivity contribution in [1.29, 1.82) is 0 Å². The number of halogens is 1. The summed E-state index contributed by atoms with van der Waals surface area (Å²) in [5.74, 6) is -3.44. The van der Waals surface area contributed by atoms with Crippen LogP contribution in [-0.4, -0.2) is 121 Å². The van der Waals surface area contributed by atoms with Gasteiger partial charge in [-0.15, -0.1) is 0 Å². The zero-order valence-corrected chi connectivity index (χ0v) is 42.4. The number of amides is 6. The Kier molecular flexibility index (Phi) is 16.3. The highest BCUT2D eigenvalue weighted by Crippen LogP contribution is 2.42. The quantitative estimate of drug-likeness (QED) is 0.0534. The van der Waals surface area contributed by atoms with Crippen LogP contribution in [0.2, 0.25) is 5.02 Å². The molecule has 2 aliphatic rings. The number of carbonyl (C=O) groups excluding carboxylic acids is 6. The van der Waals surface area contributed by atoms with Crippen LogP contribution in [-0.2, 0) is 54.4 Å². The number of sulfonamides is 1. The van der Waals surface area contributed by atoms with E-state index in [1.54, 1.807) is 34.5 Å². The number of imide groups is 2. The Bertz CT molecular complexity index is 3030. The highest BCUT2D eigenvalue weighted by molar-refractivity contribution is 7.90. The normalized spacial score (nSPS) is 14.8. The molecule has 2 aliphatic heterocycles. The second kappa shape index (κ2) is 22.2. The van der Waals surface area contributed by atoms with Crippen molar-refractivity contribution in [2.75, 3.05) is 57.2 Å². The molecule has 4 heterocycles.